The number of aromatic nitrogens is 1. The number of nitrogens with zero attached hydrogens (tertiary/aromatic N) is 1. The van der Waals surface area contributed by atoms with Gasteiger partial charge < -0.3 is 4.52 Å². The zero-order chi connectivity index (χ0) is 9.90. The molecule has 1 aromatic heterocycles. The Labute approximate surface area is 73.4 Å². The first-order valence-corrected chi connectivity index (χ1v) is 4.71. The Morgan fingerprint density at radius 2 is 1.92 bits per heavy atom. The van der Waals surface area contributed by atoms with Gasteiger partial charge in [-0.2, -0.15) is 0 Å². The van der Waals surface area contributed by atoms with E-state index in [2.05, 4.69) is 9.51 Å². The van der Waals surface area contributed by atoms with Gasteiger partial charge in [-0.25, -0.2) is 9.36 Å². The molecular weight excluding hydrogens is 197 g/mol. The Morgan fingerprint density at radius 3 is 2.38 bits per heavy atom. The highest BCUT2D eigenvalue weighted by Crippen LogP contribution is 2.36. The third-order valence-electron chi connectivity index (χ3n) is 1.12. The van der Waals surface area contributed by atoms with Crippen LogP contribution in [0.4, 0.5) is 0 Å². The average molecular weight is 203 g/mol. The number of hydrogen-bond acceptors (Lipinski definition) is 4. The Morgan fingerprint density at radius 1 is 1.38 bits per heavy atom. The van der Waals surface area contributed by atoms with Gasteiger partial charge in [0.15, 0.2) is 0 Å². The minimum atomic E-state index is -4.76. The van der Waals surface area contributed by atoms with Crippen LogP contribution in [-0.2, 0) is 9.09 Å². The summed E-state index contributed by atoms with van der Waals surface area (Å²) >= 11 is 0. The molecule has 0 atom stereocenters. The Kier molecular flexibility index (Phi) is 2.77. The largest absolute Gasteiger partial charge is 0.527 e. The molecule has 0 spiro atoms. The van der Waals surface area contributed by atoms with E-state index in [-0.39, 0.29) is 5.56 Å². The summed E-state index contributed by atoms with van der Waals surface area (Å²) in [5.41, 5.74) is 0.0401. The van der Waals surface area contributed by atoms with Crippen LogP contribution in [0.3, 0.4) is 0 Å². The van der Waals surface area contributed by atoms with Crippen LogP contribution >= 0.6 is 7.82 Å². The van der Waals surface area contributed by atoms with Crippen LogP contribution in [0.5, 0.6) is 0 Å². The van der Waals surface area contributed by atoms with Crippen molar-refractivity contribution in [3.8, 4) is 0 Å². The summed E-state index contributed by atoms with van der Waals surface area (Å²) < 4.78 is 14.1. The van der Waals surface area contributed by atoms with Gasteiger partial charge in [-0.15, -0.1) is 0 Å². The molecule has 7 heteroatoms. The molecule has 6 nitrogen and oxygen atoms in total. The lowest BCUT2D eigenvalue weighted by Crippen LogP contribution is -2.02. The molecule has 0 saturated heterocycles. The molecule has 0 aromatic carbocycles. The van der Waals surface area contributed by atoms with Crippen molar-refractivity contribution in [2.45, 2.75) is 0 Å². The van der Waals surface area contributed by atoms with Gasteiger partial charge in [0.25, 0.3) is 0 Å². The maximum absolute atomic E-state index is 10.9. The highest BCUT2D eigenvalue weighted by Gasteiger charge is 2.21. The molecule has 0 aliphatic heterocycles. The van der Waals surface area contributed by atoms with Gasteiger partial charge in [0.05, 0.1) is 5.56 Å². The monoisotopic (exact) mass is 203 g/mol. The Hall–Kier alpha value is -1.23. The fraction of sp³-hybridized carbons (Fsp3) is 0. The number of phosphoric acid groups is 1. The summed E-state index contributed by atoms with van der Waals surface area (Å²) in [5.74, 6) is -1.07. The third-order valence-corrected chi connectivity index (χ3v) is 1.52. The van der Waals surface area contributed by atoms with Crippen LogP contribution in [0, 0.1) is 0 Å². The molecule has 0 aliphatic carbocycles. The zero-order valence-electron chi connectivity index (χ0n) is 6.32. The van der Waals surface area contributed by atoms with Gasteiger partial charge >= 0.3 is 13.8 Å². The second-order valence-corrected chi connectivity index (χ2v) is 3.27. The van der Waals surface area contributed by atoms with Crippen molar-refractivity contribution in [1.29, 1.82) is 0 Å². The molecule has 0 saturated carbocycles. The third kappa shape index (κ3) is 3.33. The second-order valence-electron chi connectivity index (χ2n) is 2.11. The molecule has 1 aromatic rings. The van der Waals surface area contributed by atoms with Crippen LogP contribution in [-0.4, -0.2) is 20.7 Å². The molecule has 0 bridgehead atoms. The lowest BCUT2D eigenvalue weighted by Gasteiger charge is -2.03. The Bertz CT molecular complexity index is 345. The number of phosphoric ester groups is 1. The molecule has 0 fully saturated rings. The van der Waals surface area contributed by atoms with Gasteiger partial charge in [-0.3, -0.25) is 14.8 Å². The van der Waals surface area contributed by atoms with Crippen molar-refractivity contribution in [1.82, 2.24) is 4.98 Å². The quantitative estimate of drug-likeness (QED) is 0.672. The summed E-state index contributed by atoms with van der Waals surface area (Å²) in [6.45, 7) is 0. The molecular formula is C6H6NO5P. The lowest BCUT2D eigenvalue weighted by molar-refractivity contribution is 0.0678. The standard InChI is InChI=1S/C6H6NO5P/c8-6(12-13(9,10)11)5-1-3-7-4-2-5/h1-4H,(H2,9,10,11). The zero-order valence-corrected chi connectivity index (χ0v) is 7.22. The minimum Gasteiger partial charge on any atom is -0.367 e. The van der Waals surface area contributed by atoms with E-state index in [1.165, 1.54) is 24.5 Å². The van der Waals surface area contributed by atoms with Crippen LogP contribution < -0.4 is 0 Å². The van der Waals surface area contributed by atoms with Gasteiger partial charge in [-0.05, 0) is 12.1 Å². The minimum absolute atomic E-state index is 0.0401. The molecule has 13 heavy (non-hydrogen) atoms. The summed E-state index contributed by atoms with van der Waals surface area (Å²) in [5, 5.41) is 0. The SMILES string of the molecule is O=C(OP(=O)(O)O)c1ccncc1. The van der Waals surface area contributed by atoms with E-state index in [0.29, 0.717) is 0 Å². The normalized spacial score (nSPS) is 10.9. The van der Waals surface area contributed by atoms with Crippen molar-refractivity contribution in [2.75, 3.05) is 0 Å². The first-order valence-electron chi connectivity index (χ1n) is 3.18. The van der Waals surface area contributed by atoms with Crippen molar-refractivity contribution in [3.05, 3.63) is 30.1 Å². The topological polar surface area (TPSA) is 96.7 Å². The highest BCUT2D eigenvalue weighted by molar-refractivity contribution is 7.46. The summed E-state index contributed by atoms with van der Waals surface area (Å²) in [4.78, 5) is 31.1. The predicted octanol–water partition coefficient (Wildman–Crippen LogP) is 0.331. The van der Waals surface area contributed by atoms with Crippen LogP contribution in [0.1, 0.15) is 10.4 Å². The molecule has 0 radical (unpaired) electrons. The van der Waals surface area contributed by atoms with Crippen LogP contribution in [0.25, 0.3) is 0 Å². The maximum Gasteiger partial charge on any atom is 0.527 e. The van der Waals surface area contributed by atoms with E-state index in [1.54, 1.807) is 0 Å². The van der Waals surface area contributed by atoms with Crippen molar-refractivity contribution < 1.29 is 23.7 Å². The van der Waals surface area contributed by atoms with Gasteiger partial charge in [-0.1, -0.05) is 0 Å². The number of rotatable bonds is 2. The van der Waals surface area contributed by atoms with Gasteiger partial charge in [0, 0.05) is 12.4 Å². The van der Waals surface area contributed by atoms with E-state index in [1.807, 2.05) is 0 Å². The van der Waals surface area contributed by atoms with E-state index in [9.17, 15) is 9.36 Å². The molecule has 0 amide bonds. The maximum atomic E-state index is 10.9. The van der Waals surface area contributed by atoms with E-state index >= 15 is 0 Å². The molecule has 0 unspecified atom stereocenters. The smallest absolute Gasteiger partial charge is 0.367 e. The summed E-state index contributed by atoms with van der Waals surface area (Å²) in [7, 11) is -4.76. The number of carbonyl (C=O) groups is 1. The van der Waals surface area contributed by atoms with Crippen LogP contribution in [0.2, 0.25) is 0 Å². The van der Waals surface area contributed by atoms with Crippen molar-refractivity contribution >= 4 is 13.8 Å². The molecule has 0 aliphatic rings. The van der Waals surface area contributed by atoms with E-state index in [4.69, 9.17) is 9.79 Å². The number of pyridine rings is 1. The van der Waals surface area contributed by atoms with E-state index < -0.39 is 13.8 Å². The lowest BCUT2D eigenvalue weighted by atomic mass is 10.3. The van der Waals surface area contributed by atoms with E-state index in [0.717, 1.165) is 0 Å². The second kappa shape index (κ2) is 3.66. The van der Waals surface area contributed by atoms with Crippen molar-refractivity contribution in [2.24, 2.45) is 0 Å². The first-order chi connectivity index (χ1) is 5.99. The number of carbonyl (C=O) groups excluding carboxylic acids is 1. The van der Waals surface area contributed by atoms with Gasteiger partial charge in [0.2, 0.25) is 0 Å². The fourth-order valence-electron chi connectivity index (χ4n) is 0.649. The average Bonchev–Trinajstić information content (AvgIpc) is 2.03. The molecule has 2 N–H and O–H groups in total. The van der Waals surface area contributed by atoms with Crippen molar-refractivity contribution in [3.63, 3.8) is 0 Å². The molecule has 1 heterocycles. The fourth-order valence-corrected chi connectivity index (χ4v) is 0.970. The summed E-state index contributed by atoms with van der Waals surface area (Å²) in [6, 6.07) is 2.58. The first kappa shape index (κ1) is 9.85. The molecule has 1 rings (SSSR count). The Balaban J connectivity index is 2.76. The van der Waals surface area contributed by atoms with Gasteiger partial charge in [0.1, 0.15) is 0 Å². The highest BCUT2D eigenvalue weighted by atomic mass is 31.2. The van der Waals surface area contributed by atoms with Crippen LogP contribution in [0.15, 0.2) is 24.5 Å². The molecule has 70 valence electrons. The predicted molar refractivity (Wildman–Crippen MR) is 41.7 cm³/mol. The number of hydrogen-bond donors (Lipinski definition) is 2. The summed E-state index contributed by atoms with van der Waals surface area (Å²) in [6.07, 6.45) is 2.63.